The summed E-state index contributed by atoms with van der Waals surface area (Å²) in [7, 11) is 0. The van der Waals surface area contributed by atoms with Crippen molar-refractivity contribution in [2.45, 2.75) is 304 Å². The number of carbonyl (C=O) groups excluding carboxylic acids is 2. The monoisotopic (exact) mass is 891 g/mol. The minimum absolute atomic E-state index is 0.00428. The van der Waals surface area contributed by atoms with Crippen molar-refractivity contribution in [2.75, 3.05) is 52.5 Å². The molecule has 0 aliphatic heterocycles. The molecule has 0 aromatic carbocycles. The van der Waals surface area contributed by atoms with Crippen molar-refractivity contribution >= 4 is 11.9 Å². The van der Waals surface area contributed by atoms with Crippen LogP contribution in [0.25, 0.3) is 0 Å². The molecule has 63 heavy (non-hydrogen) atoms. The SMILES string of the molecule is CCCCCCCCCOC(=O)CCCCCCCN(CCCCCCCC(=O)OCCCCCCCCC)CCCCCN(CCCCCCCCC)CCCCCCCCC. The van der Waals surface area contributed by atoms with E-state index in [2.05, 4.69) is 37.5 Å². The lowest BCUT2D eigenvalue weighted by Crippen LogP contribution is -2.29. The third kappa shape index (κ3) is 50.1. The Morgan fingerprint density at radius 3 is 0.698 bits per heavy atom. The van der Waals surface area contributed by atoms with E-state index < -0.39 is 0 Å². The zero-order valence-electron chi connectivity index (χ0n) is 43.6. The van der Waals surface area contributed by atoms with Gasteiger partial charge >= 0.3 is 11.9 Å². The number of ether oxygens (including phenoxy) is 2. The number of nitrogens with zero attached hydrogens (tertiary/aromatic N) is 2. The largest absolute Gasteiger partial charge is 0.466 e. The summed E-state index contributed by atoms with van der Waals surface area (Å²) < 4.78 is 11.0. The molecule has 0 rings (SSSR count). The minimum Gasteiger partial charge on any atom is -0.466 e. The highest BCUT2D eigenvalue weighted by Crippen LogP contribution is 2.15. The van der Waals surface area contributed by atoms with Crippen molar-refractivity contribution in [3.63, 3.8) is 0 Å². The van der Waals surface area contributed by atoms with Crippen LogP contribution in [0.2, 0.25) is 0 Å². The van der Waals surface area contributed by atoms with E-state index in [-0.39, 0.29) is 11.9 Å². The standard InChI is InChI=1S/C57H114N2O4/c1-5-9-13-17-21-29-38-48-58(49-39-30-22-18-14-10-6-2)52-42-35-43-53-59(50-40-31-25-27-36-46-56(60)62-54-44-33-23-19-15-11-7-3)51-41-32-26-28-37-47-57(61)63-55-45-34-24-20-16-12-8-4/h5-55H2,1-4H3. The molecule has 0 N–H and O–H groups in total. The van der Waals surface area contributed by atoms with Crippen LogP contribution in [0.1, 0.15) is 304 Å². The molecule has 0 spiro atoms. The Kier molecular flexibility index (Phi) is 52.5. The third-order valence-electron chi connectivity index (χ3n) is 13.3. The van der Waals surface area contributed by atoms with Gasteiger partial charge in [0.2, 0.25) is 0 Å². The van der Waals surface area contributed by atoms with Crippen LogP contribution in [0.15, 0.2) is 0 Å². The van der Waals surface area contributed by atoms with E-state index in [0.717, 1.165) is 38.5 Å². The van der Waals surface area contributed by atoms with Gasteiger partial charge in [0, 0.05) is 12.8 Å². The molecular formula is C57H114N2O4. The maximum atomic E-state index is 12.2. The molecule has 6 nitrogen and oxygen atoms in total. The summed E-state index contributed by atoms with van der Waals surface area (Å²) in [5, 5.41) is 0. The van der Waals surface area contributed by atoms with Crippen molar-refractivity contribution < 1.29 is 19.1 Å². The van der Waals surface area contributed by atoms with E-state index in [4.69, 9.17) is 9.47 Å². The molecule has 0 aromatic rings. The van der Waals surface area contributed by atoms with Crippen LogP contribution in [0.4, 0.5) is 0 Å². The summed E-state index contributed by atoms with van der Waals surface area (Å²) >= 11 is 0. The lowest BCUT2D eigenvalue weighted by molar-refractivity contribution is -0.144. The molecule has 0 aromatic heterocycles. The summed E-state index contributed by atoms with van der Waals surface area (Å²) in [5.41, 5.74) is 0. The van der Waals surface area contributed by atoms with E-state index in [1.54, 1.807) is 0 Å². The summed E-state index contributed by atoms with van der Waals surface area (Å²) in [6.45, 7) is 17.9. The quantitative estimate of drug-likeness (QED) is 0.0448. The van der Waals surface area contributed by atoms with Gasteiger partial charge in [-0.3, -0.25) is 9.59 Å². The average molecular weight is 892 g/mol. The Bertz CT molecular complexity index is 835. The Morgan fingerprint density at radius 2 is 0.444 bits per heavy atom. The average Bonchev–Trinajstić information content (AvgIpc) is 3.28. The summed E-state index contributed by atoms with van der Waals surface area (Å²) in [5.74, 6) is 0.00856. The second kappa shape index (κ2) is 53.5. The van der Waals surface area contributed by atoms with Crippen LogP contribution in [0.5, 0.6) is 0 Å². The number of unbranched alkanes of at least 4 members (excludes halogenated alkanes) is 34. The third-order valence-corrected chi connectivity index (χ3v) is 13.3. The van der Waals surface area contributed by atoms with Crippen molar-refractivity contribution in [1.29, 1.82) is 0 Å². The topological polar surface area (TPSA) is 59.1 Å². The van der Waals surface area contributed by atoms with Gasteiger partial charge in [0.1, 0.15) is 0 Å². The van der Waals surface area contributed by atoms with Crippen LogP contribution in [0.3, 0.4) is 0 Å². The maximum absolute atomic E-state index is 12.2. The zero-order chi connectivity index (χ0) is 45.8. The Hall–Kier alpha value is -1.14. The number of esters is 2. The van der Waals surface area contributed by atoms with Gasteiger partial charge in [-0.25, -0.2) is 0 Å². The molecular weight excluding hydrogens is 777 g/mol. The van der Waals surface area contributed by atoms with Gasteiger partial charge in [-0.15, -0.1) is 0 Å². The predicted octanol–water partition coefficient (Wildman–Crippen LogP) is 17.5. The van der Waals surface area contributed by atoms with Crippen molar-refractivity contribution in [2.24, 2.45) is 0 Å². The highest BCUT2D eigenvalue weighted by atomic mass is 16.5. The molecule has 6 heteroatoms. The van der Waals surface area contributed by atoms with Crippen LogP contribution in [0, 0.1) is 0 Å². The van der Waals surface area contributed by atoms with Crippen LogP contribution >= 0.6 is 0 Å². The number of hydrogen-bond acceptors (Lipinski definition) is 6. The maximum Gasteiger partial charge on any atom is 0.305 e. The van der Waals surface area contributed by atoms with Crippen molar-refractivity contribution in [3.8, 4) is 0 Å². The fourth-order valence-corrected chi connectivity index (χ4v) is 9.01. The van der Waals surface area contributed by atoms with Gasteiger partial charge < -0.3 is 19.3 Å². The summed E-state index contributed by atoms with van der Waals surface area (Å²) in [4.78, 5) is 30.0. The van der Waals surface area contributed by atoms with Crippen LogP contribution in [-0.2, 0) is 19.1 Å². The van der Waals surface area contributed by atoms with Gasteiger partial charge in [-0.2, -0.15) is 0 Å². The van der Waals surface area contributed by atoms with Crippen LogP contribution in [-0.4, -0.2) is 74.2 Å². The summed E-state index contributed by atoms with van der Waals surface area (Å²) in [6, 6.07) is 0. The van der Waals surface area contributed by atoms with Crippen molar-refractivity contribution in [3.05, 3.63) is 0 Å². The van der Waals surface area contributed by atoms with Gasteiger partial charge in [-0.05, 0) is 103 Å². The molecule has 0 radical (unpaired) electrons. The normalized spacial score (nSPS) is 11.7. The highest BCUT2D eigenvalue weighted by molar-refractivity contribution is 5.69. The van der Waals surface area contributed by atoms with E-state index in [0.29, 0.717) is 26.1 Å². The molecule has 0 saturated heterocycles. The summed E-state index contributed by atoms with van der Waals surface area (Å²) in [6.07, 6.45) is 53.9. The van der Waals surface area contributed by atoms with Gasteiger partial charge in [0.25, 0.3) is 0 Å². The molecule has 376 valence electrons. The fourth-order valence-electron chi connectivity index (χ4n) is 9.01. The van der Waals surface area contributed by atoms with Crippen molar-refractivity contribution in [1.82, 2.24) is 9.80 Å². The van der Waals surface area contributed by atoms with Crippen LogP contribution < -0.4 is 0 Å². The lowest BCUT2D eigenvalue weighted by Gasteiger charge is -2.24. The molecule has 0 atom stereocenters. The first-order chi connectivity index (χ1) is 31.1. The van der Waals surface area contributed by atoms with E-state index in [1.807, 2.05) is 0 Å². The van der Waals surface area contributed by atoms with E-state index in [1.165, 1.54) is 264 Å². The van der Waals surface area contributed by atoms with E-state index >= 15 is 0 Å². The van der Waals surface area contributed by atoms with Gasteiger partial charge in [0.05, 0.1) is 13.2 Å². The first-order valence-electron chi connectivity index (χ1n) is 28.8. The Balaban J connectivity index is 4.59. The molecule has 0 saturated carbocycles. The van der Waals surface area contributed by atoms with Gasteiger partial charge in [0.15, 0.2) is 0 Å². The number of hydrogen-bond donors (Lipinski definition) is 0. The molecule has 0 bridgehead atoms. The molecule has 0 heterocycles. The highest BCUT2D eigenvalue weighted by Gasteiger charge is 2.09. The zero-order valence-corrected chi connectivity index (χ0v) is 43.6. The first-order valence-corrected chi connectivity index (χ1v) is 28.8. The predicted molar refractivity (Wildman–Crippen MR) is 276 cm³/mol. The second-order valence-corrected chi connectivity index (χ2v) is 19.7. The van der Waals surface area contributed by atoms with E-state index in [9.17, 15) is 9.59 Å². The first kappa shape index (κ1) is 61.9. The van der Waals surface area contributed by atoms with Gasteiger partial charge in [-0.1, -0.05) is 227 Å². The molecule has 0 aliphatic carbocycles. The smallest absolute Gasteiger partial charge is 0.305 e. The fraction of sp³-hybridized carbons (Fsp3) is 0.965. The molecule has 0 fully saturated rings. The molecule has 0 unspecified atom stereocenters. The number of carbonyl (C=O) groups is 2. The Labute approximate surface area is 395 Å². The second-order valence-electron chi connectivity index (χ2n) is 19.7. The number of rotatable bonds is 54. The lowest BCUT2D eigenvalue weighted by atomic mass is 10.1. The minimum atomic E-state index is 0.00428. The Morgan fingerprint density at radius 1 is 0.254 bits per heavy atom. The molecule has 0 aliphatic rings. The molecule has 0 amide bonds.